The van der Waals surface area contributed by atoms with Crippen LogP contribution >= 0.6 is 11.6 Å². The highest BCUT2D eigenvalue weighted by atomic mass is 35.5. The molecule has 1 rings (SSSR count). The molecule has 1 saturated carbocycles. The predicted molar refractivity (Wildman–Crippen MR) is 51.8 cm³/mol. The summed E-state index contributed by atoms with van der Waals surface area (Å²) in [6.45, 7) is 4.65. The highest BCUT2D eigenvalue weighted by molar-refractivity contribution is 6.66. The second-order valence-corrected chi connectivity index (χ2v) is 4.20. The van der Waals surface area contributed by atoms with Crippen LogP contribution in [-0.4, -0.2) is 18.1 Å². The standard InChI is InChI=1S/C9H14ClNO2/c1-7(2)5-13-11-6-9(3-4-9)8(10)12/h6-7H,3-5H2,1-2H3. The van der Waals surface area contributed by atoms with Crippen molar-refractivity contribution in [3.63, 3.8) is 0 Å². The normalized spacial score (nSPS) is 19.4. The first-order valence-electron chi connectivity index (χ1n) is 4.43. The summed E-state index contributed by atoms with van der Waals surface area (Å²) in [6, 6.07) is 0. The van der Waals surface area contributed by atoms with E-state index in [0.717, 1.165) is 12.8 Å². The van der Waals surface area contributed by atoms with E-state index in [1.54, 1.807) is 0 Å². The number of rotatable bonds is 5. The van der Waals surface area contributed by atoms with Crippen molar-refractivity contribution in [2.75, 3.05) is 6.61 Å². The van der Waals surface area contributed by atoms with Crippen molar-refractivity contribution in [1.82, 2.24) is 0 Å². The Bertz CT molecular complexity index is 222. The van der Waals surface area contributed by atoms with Crippen molar-refractivity contribution in [3.8, 4) is 0 Å². The zero-order valence-electron chi connectivity index (χ0n) is 7.92. The number of oxime groups is 1. The zero-order chi connectivity index (χ0) is 9.90. The molecule has 4 heteroatoms. The number of hydrogen-bond acceptors (Lipinski definition) is 3. The van der Waals surface area contributed by atoms with E-state index < -0.39 is 5.41 Å². The van der Waals surface area contributed by atoms with E-state index in [0.29, 0.717) is 12.5 Å². The molecular formula is C9H14ClNO2. The van der Waals surface area contributed by atoms with E-state index in [-0.39, 0.29) is 5.24 Å². The summed E-state index contributed by atoms with van der Waals surface area (Å²) < 4.78 is 0. The Hall–Kier alpha value is -0.570. The maximum absolute atomic E-state index is 10.9. The quantitative estimate of drug-likeness (QED) is 0.390. The van der Waals surface area contributed by atoms with Crippen molar-refractivity contribution < 1.29 is 9.63 Å². The molecule has 0 radical (unpaired) electrons. The van der Waals surface area contributed by atoms with Crippen molar-refractivity contribution in [3.05, 3.63) is 0 Å². The Kier molecular flexibility index (Phi) is 3.31. The summed E-state index contributed by atoms with van der Waals surface area (Å²) in [5, 5.41) is 3.41. The minimum atomic E-state index is -0.501. The first-order valence-corrected chi connectivity index (χ1v) is 4.81. The molecule has 0 heterocycles. The fourth-order valence-corrected chi connectivity index (χ4v) is 1.08. The molecule has 0 aromatic rings. The fraction of sp³-hybridized carbons (Fsp3) is 0.778. The number of hydrogen-bond donors (Lipinski definition) is 0. The van der Waals surface area contributed by atoms with Crippen molar-refractivity contribution >= 4 is 23.1 Å². The molecule has 0 N–H and O–H groups in total. The van der Waals surface area contributed by atoms with E-state index in [2.05, 4.69) is 5.16 Å². The smallest absolute Gasteiger partial charge is 0.233 e. The second-order valence-electron chi connectivity index (χ2n) is 3.85. The Morgan fingerprint density at radius 2 is 2.31 bits per heavy atom. The lowest BCUT2D eigenvalue weighted by Gasteiger charge is -2.03. The summed E-state index contributed by atoms with van der Waals surface area (Å²) >= 11 is 5.39. The van der Waals surface area contributed by atoms with Gasteiger partial charge in [-0.2, -0.15) is 0 Å². The van der Waals surface area contributed by atoms with Gasteiger partial charge in [0.25, 0.3) is 0 Å². The largest absolute Gasteiger partial charge is 0.396 e. The third-order valence-electron chi connectivity index (χ3n) is 1.96. The highest BCUT2D eigenvalue weighted by Crippen LogP contribution is 2.45. The van der Waals surface area contributed by atoms with Gasteiger partial charge in [-0.25, -0.2) is 0 Å². The van der Waals surface area contributed by atoms with Crippen LogP contribution in [0.1, 0.15) is 26.7 Å². The molecule has 0 saturated heterocycles. The Balaban J connectivity index is 2.28. The van der Waals surface area contributed by atoms with Gasteiger partial charge in [0.2, 0.25) is 5.24 Å². The summed E-state index contributed by atoms with van der Waals surface area (Å²) in [7, 11) is 0. The van der Waals surface area contributed by atoms with Gasteiger partial charge in [0, 0.05) is 0 Å². The van der Waals surface area contributed by atoms with Crippen LogP contribution in [0, 0.1) is 11.3 Å². The highest BCUT2D eigenvalue weighted by Gasteiger charge is 2.48. The third-order valence-corrected chi connectivity index (χ3v) is 2.34. The van der Waals surface area contributed by atoms with Gasteiger partial charge in [0.1, 0.15) is 6.61 Å². The molecule has 0 bridgehead atoms. The van der Waals surface area contributed by atoms with Crippen LogP contribution < -0.4 is 0 Å². The summed E-state index contributed by atoms with van der Waals surface area (Å²) in [5.41, 5.74) is -0.501. The second kappa shape index (κ2) is 4.09. The van der Waals surface area contributed by atoms with Crippen molar-refractivity contribution in [1.29, 1.82) is 0 Å². The number of carbonyl (C=O) groups excluding carboxylic acids is 1. The van der Waals surface area contributed by atoms with Gasteiger partial charge < -0.3 is 4.84 Å². The first kappa shape index (κ1) is 10.5. The minimum Gasteiger partial charge on any atom is -0.396 e. The van der Waals surface area contributed by atoms with E-state index >= 15 is 0 Å². The van der Waals surface area contributed by atoms with Crippen LogP contribution in [0.25, 0.3) is 0 Å². The van der Waals surface area contributed by atoms with Crippen LogP contribution in [0.3, 0.4) is 0 Å². The molecule has 0 aromatic heterocycles. The molecule has 1 aliphatic carbocycles. The van der Waals surface area contributed by atoms with Crippen LogP contribution in [0.2, 0.25) is 0 Å². The van der Waals surface area contributed by atoms with Crippen molar-refractivity contribution in [2.24, 2.45) is 16.5 Å². The van der Waals surface area contributed by atoms with Gasteiger partial charge in [-0.3, -0.25) is 4.79 Å². The lowest BCUT2D eigenvalue weighted by Crippen LogP contribution is -2.11. The van der Waals surface area contributed by atoms with Gasteiger partial charge in [0.15, 0.2) is 0 Å². The van der Waals surface area contributed by atoms with Crippen LogP contribution in [0.15, 0.2) is 5.16 Å². The van der Waals surface area contributed by atoms with Crippen LogP contribution in [0.4, 0.5) is 0 Å². The maximum Gasteiger partial charge on any atom is 0.233 e. The average molecular weight is 204 g/mol. The van der Waals surface area contributed by atoms with Crippen molar-refractivity contribution in [2.45, 2.75) is 26.7 Å². The molecule has 0 spiro atoms. The first-order chi connectivity index (χ1) is 6.07. The van der Waals surface area contributed by atoms with E-state index in [1.165, 1.54) is 6.21 Å². The molecule has 74 valence electrons. The van der Waals surface area contributed by atoms with Gasteiger partial charge in [-0.05, 0) is 30.4 Å². The summed E-state index contributed by atoms with van der Waals surface area (Å²) in [6.07, 6.45) is 3.12. The zero-order valence-corrected chi connectivity index (χ0v) is 8.67. The lowest BCUT2D eigenvalue weighted by molar-refractivity contribution is -0.114. The number of carbonyl (C=O) groups is 1. The number of nitrogens with zero attached hydrogens (tertiary/aromatic N) is 1. The van der Waals surface area contributed by atoms with Gasteiger partial charge in [-0.15, -0.1) is 0 Å². The predicted octanol–water partition coefficient (Wildman–Crippen LogP) is 2.19. The molecule has 0 atom stereocenters. The van der Waals surface area contributed by atoms with Gasteiger partial charge in [-0.1, -0.05) is 19.0 Å². The topological polar surface area (TPSA) is 38.7 Å². The molecule has 0 aromatic carbocycles. The summed E-state index contributed by atoms with van der Waals surface area (Å²) in [4.78, 5) is 15.9. The monoisotopic (exact) mass is 203 g/mol. The van der Waals surface area contributed by atoms with Gasteiger partial charge >= 0.3 is 0 Å². The molecule has 1 aliphatic rings. The molecule has 0 amide bonds. The maximum atomic E-state index is 10.9. The molecular weight excluding hydrogens is 190 g/mol. The fourth-order valence-electron chi connectivity index (χ4n) is 0.841. The molecule has 1 fully saturated rings. The average Bonchev–Trinajstić information content (AvgIpc) is 2.78. The Morgan fingerprint density at radius 3 is 2.69 bits per heavy atom. The number of halogens is 1. The molecule has 3 nitrogen and oxygen atoms in total. The van der Waals surface area contributed by atoms with Gasteiger partial charge in [0.05, 0.1) is 11.6 Å². The Labute approximate surface area is 83.1 Å². The third kappa shape index (κ3) is 2.99. The molecule has 0 unspecified atom stereocenters. The Morgan fingerprint density at radius 1 is 1.69 bits per heavy atom. The van der Waals surface area contributed by atoms with E-state index in [1.807, 2.05) is 13.8 Å². The lowest BCUT2D eigenvalue weighted by atomic mass is 10.2. The van der Waals surface area contributed by atoms with Crippen LogP contribution in [0.5, 0.6) is 0 Å². The van der Waals surface area contributed by atoms with Crippen LogP contribution in [-0.2, 0) is 9.63 Å². The summed E-state index contributed by atoms with van der Waals surface area (Å²) in [5.74, 6) is 0.444. The minimum absolute atomic E-state index is 0.329. The SMILES string of the molecule is CC(C)CON=CC1(C(=O)Cl)CC1. The van der Waals surface area contributed by atoms with E-state index in [4.69, 9.17) is 16.4 Å². The molecule has 0 aliphatic heterocycles. The molecule has 13 heavy (non-hydrogen) atoms. The van der Waals surface area contributed by atoms with E-state index in [9.17, 15) is 4.79 Å².